The van der Waals surface area contributed by atoms with Crippen molar-refractivity contribution in [2.45, 2.75) is 52.9 Å². The minimum atomic E-state index is 0.572. The second-order valence-electron chi connectivity index (χ2n) is 5.97. The molecule has 1 saturated carbocycles. The van der Waals surface area contributed by atoms with E-state index in [1.807, 2.05) is 0 Å². The SMILES string of the molecule is C=C(C)[C@H]1CC[C@@]1(C)[C@@H]1CC=C(C)CC1. The molecule has 0 amide bonds. The van der Waals surface area contributed by atoms with Crippen LogP contribution in [0.2, 0.25) is 0 Å². The van der Waals surface area contributed by atoms with E-state index in [-0.39, 0.29) is 0 Å². The van der Waals surface area contributed by atoms with E-state index in [2.05, 4.69) is 33.4 Å². The molecule has 0 spiro atoms. The lowest BCUT2D eigenvalue weighted by Crippen LogP contribution is -2.44. The molecule has 0 aromatic rings. The Hall–Kier alpha value is -0.520. The molecular formula is C15H24. The first-order valence-electron chi connectivity index (χ1n) is 6.35. The molecule has 0 nitrogen and oxygen atoms in total. The third-order valence-electron chi connectivity index (χ3n) is 4.93. The average Bonchev–Trinajstić information content (AvgIpc) is 2.15. The number of rotatable bonds is 2. The summed E-state index contributed by atoms with van der Waals surface area (Å²) in [5.74, 6) is 1.71. The van der Waals surface area contributed by atoms with Crippen LogP contribution >= 0.6 is 0 Å². The molecule has 0 bridgehead atoms. The third kappa shape index (κ3) is 1.79. The van der Waals surface area contributed by atoms with Crippen LogP contribution in [0, 0.1) is 17.3 Å². The highest BCUT2D eigenvalue weighted by molar-refractivity contribution is 5.14. The van der Waals surface area contributed by atoms with Gasteiger partial charge in [-0.3, -0.25) is 0 Å². The van der Waals surface area contributed by atoms with E-state index in [9.17, 15) is 0 Å². The molecule has 0 heterocycles. The van der Waals surface area contributed by atoms with Crippen molar-refractivity contribution in [3.8, 4) is 0 Å². The minimum Gasteiger partial charge on any atom is -0.0998 e. The van der Waals surface area contributed by atoms with Gasteiger partial charge in [0, 0.05) is 0 Å². The number of hydrogen-bond acceptors (Lipinski definition) is 0. The Labute approximate surface area is 94.5 Å². The first-order valence-corrected chi connectivity index (χ1v) is 6.35. The summed E-state index contributed by atoms with van der Waals surface area (Å²) in [6.07, 6.45) is 9.30. The van der Waals surface area contributed by atoms with Crippen molar-refractivity contribution in [2.75, 3.05) is 0 Å². The van der Waals surface area contributed by atoms with Crippen LogP contribution < -0.4 is 0 Å². The molecule has 0 saturated heterocycles. The maximum atomic E-state index is 4.17. The highest BCUT2D eigenvalue weighted by atomic mass is 14.5. The first-order chi connectivity index (χ1) is 7.04. The van der Waals surface area contributed by atoms with Gasteiger partial charge in [-0.2, -0.15) is 0 Å². The van der Waals surface area contributed by atoms with Crippen molar-refractivity contribution >= 4 is 0 Å². The Kier molecular flexibility index (Phi) is 2.79. The lowest BCUT2D eigenvalue weighted by atomic mass is 9.51. The summed E-state index contributed by atoms with van der Waals surface area (Å²) in [6.45, 7) is 11.1. The standard InChI is InChI=1S/C15H24/c1-11(2)14-9-10-15(14,4)13-7-5-12(3)6-8-13/h5,13-14H,1,6-10H2,2-4H3/t13-,14-,15+/m1/s1. The van der Waals surface area contributed by atoms with Gasteiger partial charge in [-0.1, -0.05) is 30.7 Å². The topological polar surface area (TPSA) is 0 Å². The summed E-state index contributed by atoms with van der Waals surface area (Å²) in [6, 6.07) is 0. The zero-order valence-electron chi connectivity index (χ0n) is 10.5. The van der Waals surface area contributed by atoms with Crippen LogP contribution in [-0.4, -0.2) is 0 Å². The molecule has 2 aliphatic carbocycles. The molecule has 0 unspecified atom stereocenters. The maximum absolute atomic E-state index is 4.17. The largest absolute Gasteiger partial charge is 0.0998 e. The molecule has 15 heavy (non-hydrogen) atoms. The summed E-state index contributed by atoms with van der Waals surface area (Å²) in [5, 5.41) is 0. The van der Waals surface area contributed by atoms with E-state index in [0.29, 0.717) is 5.41 Å². The van der Waals surface area contributed by atoms with Crippen LogP contribution in [0.3, 0.4) is 0 Å². The summed E-state index contributed by atoms with van der Waals surface area (Å²) in [4.78, 5) is 0. The zero-order valence-corrected chi connectivity index (χ0v) is 10.5. The third-order valence-corrected chi connectivity index (χ3v) is 4.93. The van der Waals surface area contributed by atoms with Crippen LogP contribution in [0.1, 0.15) is 52.9 Å². The molecule has 0 aromatic carbocycles. The molecule has 84 valence electrons. The molecule has 0 N–H and O–H groups in total. The van der Waals surface area contributed by atoms with E-state index in [1.165, 1.54) is 37.7 Å². The van der Waals surface area contributed by atoms with Gasteiger partial charge in [0.15, 0.2) is 0 Å². The zero-order chi connectivity index (χ0) is 11.1. The van der Waals surface area contributed by atoms with Crippen molar-refractivity contribution in [1.29, 1.82) is 0 Å². The maximum Gasteiger partial charge on any atom is -0.0152 e. The number of allylic oxidation sites excluding steroid dienone is 3. The highest BCUT2D eigenvalue weighted by Gasteiger charge is 2.47. The summed E-state index contributed by atoms with van der Waals surface area (Å²) >= 11 is 0. The molecule has 0 aromatic heterocycles. The molecular weight excluding hydrogens is 180 g/mol. The van der Waals surface area contributed by atoms with Crippen molar-refractivity contribution in [3.05, 3.63) is 23.8 Å². The second-order valence-corrected chi connectivity index (χ2v) is 5.97. The Morgan fingerprint density at radius 3 is 2.60 bits per heavy atom. The van der Waals surface area contributed by atoms with Gasteiger partial charge in [0.25, 0.3) is 0 Å². The predicted molar refractivity (Wildman–Crippen MR) is 66.7 cm³/mol. The summed E-state index contributed by atoms with van der Waals surface area (Å²) in [5.41, 5.74) is 3.58. The molecule has 2 rings (SSSR count). The van der Waals surface area contributed by atoms with E-state index < -0.39 is 0 Å². The average molecular weight is 204 g/mol. The smallest absolute Gasteiger partial charge is 0.0152 e. The monoisotopic (exact) mass is 204 g/mol. The van der Waals surface area contributed by atoms with E-state index in [0.717, 1.165) is 11.8 Å². The summed E-state index contributed by atoms with van der Waals surface area (Å²) < 4.78 is 0. The molecule has 1 fully saturated rings. The molecule has 0 heteroatoms. The Morgan fingerprint density at radius 1 is 1.47 bits per heavy atom. The van der Waals surface area contributed by atoms with Crippen LogP contribution in [0.5, 0.6) is 0 Å². The van der Waals surface area contributed by atoms with Crippen LogP contribution in [0.4, 0.5) is 0 Å². The van der Waals surface area contributed by atoms with Gasteiger partial charge in [0.05, 0.1) is 0 Å². The molecule has 2 aliphatic rings. The fourth-order valence-corrected chi connectivity index (χ4v) is 3.61. The van der Waals surface area contributed by atoms with Crippen LogP contribution in [0.25, 0.3) is 0 Å². The van der Waals surface area contributed by atoms with Gasteiger partial charge in [0.1, 0.15) is 0 Å². The van der Waals surface area contributed by atoms with Crippen LogP contribution in [-0.2, 0) is 0 Å². The van der Waals surface area contributed by atoms with Gasteiger partial charge in [-0.05, 0) is 63.2 Å². The Bertz CT molecular complexity index is 297. The van der Waals surface area contributed by atoms with Crippen LogP contribution in [0.15, 0.2) is 23.8 Å². The van der Waals surface area contributed by atoms with Crippen molar-refractivity contribution in [2.24, 2.45) is 17.3 Å². The van der Waals surface area contributed by atoms with Crippen molar-refractivity contribution < 1.29 is 0 Å². The van der Waals surface area contributed by atoms with Gasteiger partial charge in [-0.15, -0.1) is 0 Å². The summed E-state index contributed by atoms with van der Waals surface area (Å²) in [7, 11) is 0. The van der Waals surface area contributed by atoms with Gasteiger partial charge in [0.2, 0.25) is 0 Å². The first kappa shape index (κ1) is 11.0. The number of hydrogen-bond donors (Lipinski definition) is 0. The van der Waals surface area contributed by atoms with Gasteiger partial charge in [-0.25, -0.2) is 0 Å². The minimum absolute atomic E-state index is 0.572. The van der Waals surface area contributed by atoms with E-state index >= 15 is 0 Å². The van der Waals surface area contributed by atoms with Crippen molar-refractivity contribution in [3.63, 3.8) is 0 Å². The van der Waals surface area contributed by atoms with Gasteiger partial charge < -0.3 is 0 Å². The Balaban J connectivity index is 2.07. The lowest BCUT2D eigenvalue weighted by Gasteiger charge is -2.53. The van der Waals surface area contributed by atoms with E-state index in [1.54, 1.807) is 5.57 Å². The normalized spacial score (nSPS) is 40.6. The quantitative estimate of drug-likeness (QED) is 0.571. The van der Waals surface area contributed by atoms with E-state index in [4.69, 9.17) is 0 Å². The lowest BCUT2D eigenvalue weighted by molar-refractivity contribution is 0.00363. The Morgan fingerprint density at radius 2 is 2.20 bits per heavy atom. The van der Waals surface area contributed by atoms with Crippen molar-refractivity contribution in [1.82, 2.24) is 0 Å². The highest BCUT2D eigenvalue weighted by Crippen LogP contribution is 2.57. The fourth-order valence-electron chi connectivity index (χ4n) is 3.61. The molecule has 3 atom stereocenters. The molecule has 0 aliphatic heterocycles. The fraction of sp³-hybridized carbons (Fsp3) is 0.733. The predicted octanol–water partition coefficient (Wildman–Crippen LogP) is 4.73. The van der Waals surface area contributed by atoms with Gasteiger partial charge >= 0.3 is 0 Å². The molecule has 0 radical (unpaired) electrons. The second kappa shape index (κ2) is 3.81.